The number of hydrogen-bond donors (Lipinski definition) is 1. The smallest absolute Gasteiger partial charge is 0.270 e. The predicted octanol–water partition coefficient (Wildman–Crippen LogP) is 3.08. The van der Waals surface area contributed by atoms with Gasteiger partial charge in [0.1, 0.15) is 15.2 Å². The van der Waals surface area contributed by atoms with Crippen LogP contribution in [0.25, 0.3) is 31.7 Å². The summed E-state index contributed by atoms with van der Waals surface area (Å²) < 4.78 is 18.5. The molecule has 4 aromatic rings. The van der Waals surface area contributed by atoms with Gasteiger partial charge in [0.15, 0.2) is 5.82 Å². The highest BCUT2D eigenvalue weighted by atomic mass is 32.1. The molecule has 1 N–H and O–H groups in total. The van der Waals surface area contributed by atoms with Crippen LogP contribution in [0.15, 0.2) is 35.4 Å². The van der Waals surface area contributed by atoms with Gasteiger partial charge in [0.2, 0.25) is 0 Å². The Morgan fingerprint density at radius 3 is 2.93 bits per heavy atom. The van der Waals surface area contributed by atoms with Crippen LogP contribution >= 0.6 is 11.3 Å². The van der Waals surface area contributed by atoms with E-state index < -0.39 is 0 Å². The summed E-state index contributed by atoms with van der Waals surface area (Å²) in [6, 6.07) is 5.42. The fourth-order valence-electron chi connectivity index (χ4n) is 3.77. The number of fused-ring (bicyclic) bond motifs is 2. The maximum absolute atomic E-state index is 14.4. The molecule has 1 fully saturated rings. The first-order chi connectivity index (χ1) is 13.1. The lowest BCUT2D eigenvalue weighted by Gasteiger charge is -2.24. The van der Waals surface area contributed by atoms with E-state index in [1.807, 2.05) is 22.9 Å². The lowest BCUT2D eigenvalue weighted by Crippen LogP contribution is -2.33. The molecule has 8 heteroatoms. The van der Waals surface area contributed by atoms with Crippen LogP contribution in [-0.4, -0.2) is 32.4 Å². The Kier molecular flexibility index (Phi) is 3.84. The van der Waals surface area contributed by atoms with Crippen LogP contribution in [0.4, 0.5) is 4.39 Å². The molecule has 0 bridgehead atoms. The van der Waals surface area contributed by atoms with Gasteiger partial charge >= 0.3 is 0 Å². The second-order valence-corrected chi connectivity index (χ2v) is 7.94. The average Bonchev–Trinajstić information content (AvgIpc) is 3.26. The third-order valence-electron chi connectivity index (χ3n) is 5.10. The van der Waals surface area contributed by atoms with E-state index >= 15 is 0 Å². The number of pyridine rings is 1. The first kappa shape index (κ1) is 16.6. The number of rotatable bonds is 2. The molecule has 1 aliphatic rings. The topological polar surface area (TPSA) is 64.7 Å². The number of hydrogen-bond acceptors (Lipinski definition) is 5. The number of nitrogens with zero attached hydrogens (tertiary/aromatic N) is 4. The summed E-state index contributed by atoms with van der Waals surface area (Å²) in [6.07, 6.45) is 5.51. The maximum Gasteiger partial charge on any atom is 0.270 e. The molecule has 5 rings (SSSR count). The van der Waals surface area contributed by atoms with Gasteiger partial charge in [-0.3, -0.25) is 9.48 Å². The van der Waals surface area contributed by atoms with Crippen molar-refractivity contribution >= 4 is 32.5 Å². The van der Waals surface area contributed by atoms with E-state index in [2.05, 4.69) is 15.4 Å². The van der Waals surface area contributed by atoms with Gasteiger partial charge in [-0.25, -0.2) is 9.37 Å². The number of nitrogens with one attached hydrogen (secondary N) is 1. The van der Waals surface area contributed by atoms with Crippen LogP contribution < -0.4 is 10.9 Å². The normalized spacial score (nSPS) is 15.8. The second kappa shape index (κ2) is 6.24. The summed E-state index contributed by atoms with van der Waals surface area (Å²) in [7, 11) is 1.76. The van der Waals surface area contributed by atoms with Gasteiger partial charge in [-0.15, -0.1) is 11.3 Å². The van der Waals surface area contributed by atoms with E-state index in [0.717, 1.165) is 31.3 Å². The molecule has 0 spiro atoms. The quantitative estimate of drug-likeness (QED) is 0.578. The lowest BCUT2D eigenvalue weighted by molar-refractivity contribution is 0.362. The summed E-state index contributed by atoms with van der Waals surface area (Å²) in [5, 5.41) is 8.82. The monoisotopic (exact) mass is 383 g/mol. The van der Waals surface area contributed by atoms with Crippen molar-refractivity contribution in [2.45, 2.75) is 18.9 Å². The van der Waals surface area contributed by atoms with E-state index in [0.29, 0.717) is 26.3 Å². The van der Waals surface area contributed by atoms with Crippen LogP contribution in [0.5, 0.6) is 0 Å². The molecule has 1 aromatic carbocycles. The summed E-state index contributed by atoms with van der Waals surface area (Å²) in [5.41, 5.74) is 1.67. The Bertz CT molecular complexity index is 1220. The van der Waals surface area contributed by atoms with E-state index in [4.69, 9.17) is 0 Å². The lowest BCUT2D eigenvalue weighted by atomic mass is 10.1. The van der Waals surface area contributed by atoms with E-state index in [9.17, 15) is 9.18 Å². The molecule has 1 aliphatic heterocycles. The molecule has 3 aromatic heterocycles. The van der Waals surface area contributed by atoms with Crippen molar-refractivity contribution in [3.8, 4) is 10.6 Å². The highest BCUT2D eigenvalue weighted by molar-refractivity contribution is 7.21. The van der Waals surface area contributed by atoms with Crippen LogP contribution in [0, 0.1) is 5.82 Å². The van der Waals surface area contributed by atoms with Gasteiger partial charge in [0.05, 0.1) is 5.52 Å². The SMILES string of the molecule is Cn1cc2cc(-c3nc4ccn(C5CCNCC5)c(=O)c4s3)cc(F)c2n1. The Labute approximate surface area is 158 Å². The summed E-state index contributed by atoms with van der Waals surface area (Å²) in [4.78, 5) is 17.6. The molecule has 138 valence electrons. The van der Waals surface area contributed by atoms with Crippen molar-refractivity contribution in [2.24, 2.45) is 7.05 Å². The van der Waals surface area contributed by atoms with Gasteiger partial charge in [0, 0.05) is 36.4 Å². The third-order valence-corrected chi connectivity index (χ3v) is 6.21. The molecule has 0 radical (unpaired) electrons. The molecular weight excluding hydrogens is 365 g/mol. The average molecular weight is 383 g/mol. The van der Waals surface area contributed by atoms with Crippen molar-refractivity contribution in [3.63, 3.8) is 0 Å². The van der Waals surface area contributed by atoms with Crippen molar-refractivity contribution < 1.29 is 4.39 Å². The predicted molar refractivity (Wildman–Crippen MR) is 105 cm³/mol. The van der Waals surface area contributed by atoms with Gasteiger partial charge in [-0.2, -0.15) is 5.10 Å². The van der Waals surface area contributed by atoms with E-state index in [1.54, 1.807) is 17.9 Å². The van der Waals surface area contributed by atoms with Crippen molar-refractivity contribution in [3.05, 3.63) is 46.8 Å². The van der Waals surface area contributed by atoms with E-state index in [-0.39, 0.29) is 17.4 Å². The number of aryl methyl sites for hydroxylation is 1. The largest absolute Gasteiger partial charge is 0.317 e. The number of benzene rings is 1. The highest BCUT2D eigenvalue weighted by Crippen LogP contribution is 2.32. The first-order valence-corrected chi connectivity index (χ1v) is 9.77. The molecule has 0 saturated carbocycles. The summed E-state index contributed by atoms with van der Waals surface area (Å²) in [5.74, 6) is -0.380. The molecule has 4 heterocycles. The van der Waals surface area contributed by atoms with Crippen molar-refractivity contribution in [2.75, 3.05) is 13.1 Å². The summed E-state index contributed by atoms with van der Waals surface area (Å²) >= 11 is 1.33. The number of piperidine rings is 1. The van der Waals surface area contributed by atoms with Crippen molar-refractivity contribution in [1.82, 2.24) is 24.6 Å². The van der Waals surface area contributed by atoms with Crippen LogP contribution in [0.2, 0.25) is 0 Å². The molecule has 0 aliphatic carbocycles. The first-order valence-electron chi connectivity index (χ1n) is 8.96. The molecule has 0 amide bonds. The maximum atomic E-state index is 14.4. The zero-order chi connectivity index (χ0) is 18.5. The number of aromatic nitrogens is 4. The Morgan fingerprint density at radius 1 is 1.30 bits per heavy atom. The zero-order valence-electron chi connectivity index (χ0n) is 14.8. The molecule has 27 heavy (non-hydrogen) atoms. The minimum Gasteiger partial charge on any atom is -0.317 e. The fourth-order valence-corrected chi connectivity index (χ4v) is 4.75. The summed E-state index contributed by atoms with van der Waals surface area (Å²) in [6.45, 7) is 1.85. The van der Waals surface area contributed by atoms with Gasteiger partial charge in [0.25, 0.3) is 5.56 Å². The standard InChI is InChI=1S/C19H18FN5OS/c1-24-10-12-8-11(9-14(20)16(12)23-24)18-22-15-4-7-25(19(26)17(15)27-18)13-2-5-21-6-3-13/h4,7-10,13,21H,2-3,5-6H2,1H3. The molecule has 6 nitrogen and oxygen atoms in total. The highest BCUT2D eigenvalue weighted by Gasteiger charge is 2.19. The van der Waals surface area contributed by atoms with E-state index in [1.165, 1.54) is 17.4 Å². The second-order valence-electron chi connectivity index (χ2n) is 6.94. The molecular formula is C19H18FN5OS. The Balaban J connectivity index is 1.62. The van der Waals surface area contributed by atoms with Gasteiger partial charge < -0.3 is 9.88 Å². The Morgan fingerprint density at radius 2 is 2.11 bits per heavy atom. The minimum atomic E-state index is -0.380. The molecule has 1 saturated heterocycles. The Hall–Kier alpha value is -2.58. The van der Waals surface area contributed by atoms with Crippen LogP contribution in [0.1, 0.15) is 18.9 Å². The van der Waals surface area contributed by atoms with Crippen molar-refractivity contribution in [1.29, 1.82) is 0 Å². The van der Waals surface area contributed by atoms with Crippen LogP contribution in [-0.2, 0) is 7.05 Å². The third kappa shape index (κ3) is 2.76. The zero-order valence-corrected chi connectivity index (χ0v) is 15.6. The van der Waals surface area contributed by atoms with Gasteiger partial charge in [-0.1, -0.05) is 0 Å². The van der Waals surface area contributed by atoms with Crippen LogP contribution in [0.3, 0.4) is 0 Å². The molecule has 0 atom stereocenters. The fraction of sp³-hybridized carbons (Fsp3) is 0.316. The van der Waals surface area contributed by atoms with Gasteiger partial charge in [-0.05, 0) is 44.1 Å². The minimum absolute atomic E-state index is 0.00826. The number of halogens is 1. The molecule has 0 unspecified atom stereocenters. The number of thiazole rings is 1.